The molecule has 0 heterocycles. The summed E-state index contributed by atoms with van der Waals surface area (Å²) < 4.78 is 39.8. The van der Waals surface area contributed by atoms with Gasteiger partial charge in [-0.15, -0.1) is 13.2 Å². The van der Waals surface area contributed by atoms with Gasteiger partial charge in [0.1, 0.15) is 11.5 Å². The summed E-state index contributed by atoms with van der Waals surface area (Å²) >= 11 is 0. The highest BCUT2D eigenvalue weighted by Gasteiger charge is 2.31. The first-order chi connectivity index (χ1) is 8.46. The topological polar surface area (TPSA) is 29.5 Å². The molecule has 0 atom stereocenters. The van der Waals surface area contributed by atoms with Crippen molar-refractivity contribution in [1.82, 2.24) is 0 Å². The van der Waals surface area contributed by atoms with Crippen molar-refractivity contribution in [1.29, 1.82) is 0 Å². The van der Waals surface area contributed by atoms with Crippen molar-refractivity contribution in [2.24, 2.45) is 0 Å². The molecule has 1 saturated carbocycles. The molecular weight excluding hydrogens is 245 g/mol. The molecule has 0 bridgehead atoms. The van der Waals surface area contributed by atoms with Crippen molar-refractivity contribution in [2.45, 2.75) is 44.4 Å². The van der Waals surface area contributed by atoms with Gasteiger partial charge < -0.3 is 9.84 Å². The van der Waals surface area contributed by atoms with Gasteiger partial charge in [-0.1, -0.05) is 25.3 Å². The lowest BCUT2D eigenvalue weighted by molar-refractivity contribution is -0.274. The standard InChI is InChI=1S/C13H15F3O2/c14-13(15,16)18-10-6-7-11(12(17)8-10)9-4-2-1-3-5-9/h6-9,17H,1-5H2. The number of halogens is 3. The predicted octanol–water partition coefficient (Wildman–Crippen LogP) is 4.34. The van der Waals surface area contributed by atoms with E-state index < -0.39 is 6.36 Å². The molecule has 0 unspecified atom stereocenters. The Morgan fingerprint density at radius 1 is 1.11 bits per heavy atom. The van der Waals surface area contributed by atoms with Crippen LogP contribution in [0.2, 0.25) is 0 Å². The zero-order chi connectivity index (χ0) is 13.2. The molecule has 1 aliphatic carbocycles. The van der Waals surface area contributed by atoms with Crippen LogP contribution in [0.25, 0.3) is 0 Å². The largest absolute Gasteiger partial charge is 0.573 e. The third-order valence-corrected chi connectivity index (χ3v) is 3.28. The molecule has 1 aliphatic rings. The Morgan fingerprint density at radius 3 is 2.33 bits per heavy atom. The zero-order valence-electron chi connectivity index (χ0n) is 9.83. The van der Waals surface area contributed by atoms with Crippen LogP contribution in [-0.4, -0.2) is 11.5 Å². The molecule has 2 nitrogen and oxygen atoms in total. The molecule has 0 aromatic heterocycles. The number of rotatable bonds is 2. The average Bonchev–Trinajstić information content (AvgIpc) is 2.28. The third-order valence-electron chi connectivity index (χ3n) is 3.28. The smallest absolute Gasteiger partial charge is 0.508 e. The molecule has 0 spiro atoms. The number of phenols is 1. The summed E-state index contributed by atoms with van der Waals surface area (Å²) in [6.07, 6.45) is 0.626. The summed E-state index contributed by atoms with van der Waals surface area (Å²) in [7, 11) is 0. The number of alkyl halides is 3. The maximum Gasteiger partial charge on any atom is 0.573 e. The number of hydrogen-bond acceptors (Lipinski definition) is 2. The molecule has 2 rings (SSSR count). The first-order valence-electron chi connectivity index (χ1n) is 6.04. The summed E-state index contributed by atoms with van der Waals surface area (Å²) in [5, 5.41) is 9.79. The Morgan fingerprint density at radius 2 is 1.78 bits per heavy atom. The van der Waals surface area contributed by atoms with Crippen LogP contribution >= 0.6 is 0 Å². The second-order valence-corrected chi connectivity index (χ2v) is 4.60. The van der Waals surface area contributed by atoms with Gasteiger partial charge in [0.15, 0.2) is 0 Å². The molecule has 5 heteroatoms. The van der Waals surface area contributed by atoms with Crippen LogP contribution in [0, 0.1) is 0 Å². The van der Waals surface area contributed by atoms with Crippen LogP contribution in [0.4, 0.5) is 13.2 Å². The Bertz CT molecular complexity index is 409. The SMILES string of the molecule is Oc1cc(OC(F)(F)F)ccc1C1CCCCC1. The molecule has 1 fully saturated rings. The van der Waals surface area contributed by atoms with Gasteiger partial charge in [0.2, 0.25) is 0 Å². The lowest BCUT2D eigenvalue weighted by atomic mass is 9.84. The van der Waals surface area contributed by atoms with Crippen LogP contribution in [0.15, 0.2) is 18.2 Å². The Hall–Kier alpha value is -1.39. The van der Waals surface area contributed by atoms with E-state index in [1.54, 1.807) is 0 Å². The van der Waals surface area contributed by atoms with Gasteiger partial charge in [-0.25, -0.2) is 0 Å². The first-order valence-corrected chi connectivity index (χ1v) is 6.04. The van der Waals surface area contributed by atoms with Crippen LogP contribution in [0.3, 0.4) is 0 Å². The van der Waals surface area contributed by atoms with Gasteiger partial charge >= 0.3 is 6.36 Å². The van der Waals surface area contributed by atoms with E-state index in [4.69, 9.17) is 0 Å². The van der Waals surface area contributed by atoms with Crippen molar-refractivity contribution in [3.63, 3.8) is 0 Å². The van der Waals surface area contributed by atoms with Gasteiger partial charge in [-0.05, 0) is 30.4 Å². The zero-order valence-corrected chi connectivity index (χ0v) is 9.83. The van der Waals surface area contributed by atoms with Crippen LogP contribution < -0.4 is 4.74 Å². The van der Waals surface area contributed by atoms with E-state index in [2.05, 4.69) is 4.74 Å². The van der Waals surface area contributed by atoms with E-state index in [0.717, 1.165) is 37.3 Å². The van der Waals surface area contributed by atoms with Crippen LogP contribution in [0.1, 0.15) is 43.6 Å². The average molecular weight is 260 g/mol. The van der Waals surface area contributed by atoms with Gasteiger partial charge in [-0.2, -0.15) is 0 Å². The Kier molecular flexibility index (Phi) is 3.68. The van der Waals surface area contributed by atoms with Crippen molar-refractivity contribution in [2.75, 3.05) is 0 Å². The maximum absolute atomic E-state index is 12.0. The molecule has 0 aliphatic heterocycles. The quantitative estimate of drug-likeness (QED) is 0.857. The first kappa shape index (κ1) is 13.1. The van der Waals surface area contributed by atoms with E-state index in [9.17, 15) is 18.3 Å². The Labute approximate surface area is 103 Å². The number of ether oxygens (including phenoxy) is 1. The molecule has 0 radical (unpaired) electrons. The molecule has 1 N–H and O–H groups in total. The molecule has 1 aromatic carbocycles. The van der Waals surface area contributed by atoms with E-state index >= 15 is 0 Å². The summed E-state index contributed by atoms with van der Waals surface area (Å²) in [6.45, 7) is 0. The predicted molar refractivity (Wildman–Crippen MR) is 60.6 cm³/mol. The second-order valence-electron chi connectivity index (χ2n) is 4.60. The van der Waals surface area contributed by atoms with Crippen molar-refractivity contribution in [3.8, 4) is 11.5 Å². The van der Waals surface area contributed by atoms with Crippen LogP contribution in [0.5, 0.6) is 11.5 Å². The summed E-state index contributed by atoms with van der Waals surface area (Å²) in [5.41, 5.74) is 0.726. The normalized spacial score (nSPS) is 17.7. The number of phenolic OH excluding ortho intramolecular Hbond substituents is 1. The Balaban J connectivity index is 2.14. The number of aromatic hydroxyl groups is 1. The molecule has 0 amide bonds. The van der Waals surface area contributed by atoms with Gasteiger partial charge in [-0.3, -0.25) is 0 Å². The van der Waals surface area contributed by atoms with Crippen LogP contribution in [-0.2, 0) is 0 Å². The van der Waals surface area contributed by atoms with E-state index in [1.165, 1.54) is 18.6 Å². The minimum Gasteiger partial charge on any atom is -0.508 e. The lowest BCUT2D eigenvalue weighted by Gasteiger charge is -2.23. The van der Waals surface area contributed by atoms with Gasteiger partial charge in [0.25, 0.3) is 0 Å². The minimum atomic E-state index is -4.72. The fraction of sp³-hybridized carbons (Fsp3) is 0.538. The highest BCUT2D eigenvalue weighted by Crippen LogP contribution is 2.39. The third kappa shape index (κ3) is 3.31. The van der Waals surface area contributed by atoms with Crippen molar-refractivity contribution < 1.29 is 23.0 Å². The number of benzene rings is 1. The van der Waals surface area contributed by atoms with Crippen molar-refractivity contribution in [3.05, 3.63) is 23.8 Å². The summed E-state index contributed by atoms with van der Waals surface area (Å²) in [4.78, 5) is 0. The number of hydrogen-bond donors (Lipinski definition) is 1. The van der Waals surface area contributed by atoms with E-state index in [-0.39, 0.29) is 17.4 Å². The van der Waals surface area contributed by atoms with Gasteiger partial charge in [0, 0.05) is 6.07 Å². The van der Waals surface area contributed by atoms with E-state index in [0.29, 0.717) is 0 Å². The fourth-order valence-corrected chi connectivity index (χ4v) is 2.48. The molecule has 1 aromatic rings. The van der Waals surface area contributed by atoms with Crippen molar-refractivity contribution >= 4 is 0 Å². The monoisotopic (exact) mass is 260 g/mol. The molecule has 100 valence electrons. The minimum absolute atomic E-state index is 0.108. The lowest BCUT2D eigenvalue weighted by Crippen LogP contribution is -2.17. The van der Waals surface area contributed by atoms with Gasteiger partial charge in [0.05, 0.1) is 0 Å². The highest BCUT2D eigenvalue weighted by atomic mass is 19.4. The summed E-state index contributed by atoms with van der Waals surface area (Å²) in [5.74, 6) is -0.234. The molecular formula is C13H15F3O2. The summed E-state index contributed by atoms with van der Waals surface area (Å²) in [6, 6.07) is 3.83. The fourth-order valence-electron chi connectivity index (χ4n) is 2.48. The molecule has 0 saturated heterocycles. The van der Waals surface area contributed by atoms with E-state index in [1.807, 2.05) is 0 Å². The molecule has 18 heavy (non-hydrogen) atoms. The second kappa shape index (κ2) is 5.08. The highest BCUT2D eigenvalue weighted by molar-refractivity contribution is 5.41. The maximum atomic E-state index is 12.0.